The molecule has 1 aromatic carbocycles. The van der Waals surface area contributed by atoms with Gasteiger partial charge in [0.25, 0.3) is 0 Å². The number of carbonyl (C=O) groups excluding carboxylic acids is 1. The Labute approximate surface area is 165 Å². The van der Waals surface area contributed by atoms with E-state index in [0.29, 0.717) is 22.9 Å². The van der Waals surface area contributed by atoms with Gasteiger partial charge < -0.3 is 9.57 Å². The molecular formula is C20H28N4O4. The lowest BCUT2D eigenvalue weighted by Crippen LogP contribution is -2.30. The van der Waals surface area contributed by atoms with Gasteiger partial charge in [-0.25, -0.2) is 4.79 Å². The largest absolute Gasteiger partial charge is 0.451 e. The van der Waals surface area contributed by atoms with Crippen LogP contribution in [0.4, 0.5) is 10.5 Å². The zero-order valence-electron chi connectivity index (χ0n) is 17.3. The topological polar surface area (TPSA) is 85.1 Å². The summed E-state index contributed by atoms with van der Waals surface area (Å²) in [7, 11) is 4.23. The van der Waals surface area contributed by atoms with E-state index in [-0.39, 0.29) is 5.92 Å². The molecule has 0 spiro atoms. The van der Waals surface area contributed by atoms with Crippen LogP contribution in [0.2, 0.25) is 0 Å². The zero-order valence-corrected chi connectivity index (χ0v) is 17.3. The minimum absolute atomic E-state index is 0.172. The molecule has 1 amide bonds. The van der Waals surface area contributed by atoms with Crippen LogP contribution in [-0.2, 0) is 14.4 Å². The van der Waals surface area contributed by atoms with E-state index in [1.807, 2.05) is 25.1 Å². The van der Waals surface area contributed by atoms with E-state index in [4.69, 9.17) is 14.4 Å². The van der Waals surface area contributed by atoms with E-state index in [9.17, 15) is 4.79 Å². The van der Waals surface area contributed by atoms with Crippen LogP contribution >= 0.6 is 0 Å². The average Bonchev–Trinajstić information content (AvgIpc) is 3.53. The standard InChI is InChI=1S/C20H28N4O4/c1-13(2)18(23-27-5)19(15-11-12-15)22-21-14(3)16-9-7-8-10-17(16)24(28-6)20(25)26-4/h7-10,13,15H,11-12H2,1-6H3/b21-14+,22-19+,23-18+. The van der Waals surface area contributed by atoms with Crippen molar-refractivity contribution in [1.82, 2.24) is 0 Å². The molecule has 1 fully saturated rings. The fourth-order valence-corrected chi connectivity index (χ4v) is 2.74. The summed E-state index contributed by atoms with van der Waals surface area (Å²) in [6, 6.07) is 7.27. The first-order valence-corrected chi connectivity index (χ1v) is 9.19. The fraction of sp³-hybridized carbons (Fsp3) is 0.500. The number of anilines is 1. The monoisotopic (exact) mass is 388 g/mol. The molecule has 1 aromatic rings. The number of rotatable bonds is 8. The van der Waals surface area contributed by atoms with Gasteiger partial charge in [0, 0.05) is 17.4 Å². The molecule has 0 heterocycles. The number of ether oxygens (including phenoxy) is 1. The van der Waals surface area contributed by atoms with E-state index in [0.717, 1.165) is 29.3 Å². The molecular weight excluding hydrogens is 360 g/mol. The molecule has 8 heteroatoms. The molecule has 0 unspecified atom stereocenters. The molecule has 1 aliphatic rings. The molecule has 0 N–H and O–H groups in total. The Kier molecular flexibility index (Phi) is 7.69. The summed E-state index contributed by atoms with van der Waals surface area (Å²) in [4.78, 5) is 22.2. The summed E-state index contributed by atoms with van der Waals surface area (Å²) >= 11 is 0. The molecule has 0 radical (unpaired) electrons. The predicted molar refractivity (Wildman–Crippen MR) is 110 cm³/mol. The second-order valence-electron chi connectivity index (χ2n) is 6.72. The highest BCUT2D eigenvalue weighted by Crippen LogP contribution is 2.32. The highest BCUT2D eigenvalue weighted by molar-refractivity contribution is 6.44. The minimum atomic E-state index is -0.626. The summed E-state index contributed by atoms with van der Waals surface area (Å²) in [5.41, 5.74) is 3.53. The number of carbonyl (C=O) groups is 1. The fourth-order valence-electron chi connectivity index (χ4n) is 2.74. The van der Waals surface area contributed by atoms with Crippen LogP contribution in [0.15, 0.2) is 39.6 Å². The Bertz CT molecular complexity index is 782. The second-order valence-corrected chi connectivity index (χ2v) is 6.72. The first-order valence-electron chi connectivity index (χ1n) is 9.19. The van der Waals surface area contributed by atoms with Gasteiger partial charge >= 0.3 is 6.09 Å². The Hall–Kier alpha value is -2.74. The quantitative estimate of drug-likeness (QED) is 0.497. The number of para-hydroxylation sites is 1. The maximum atomic E-state index is 12.0. The van der Waals surface area contributed by atoms with Crippen molar-refractivity contribution in [3.63, 3.8) is 0 Å². The summed E-state index contributed by atoms with van der Waals surface area (Å²) in [5.74, 6) is 0.527. The van der Waals surface area contributed by atoms with E-state index in [2.05, 4.69) is 29.2 Å². The highest BCUT2D eigenvalue weighted by atomic mass is 16.7. The van der Waals surface area contributed by atoms with Gasteiger partial charge in [0.15, 0.2) is 0 Å². The maximum absolute atomic E-state index is 12.0. The molecule has 2 rings (SSSR count). The summed E-state index contributed by atoms with van der Waals surface area (Å²) in [6.07, 6.45) is 1.51. The number of benzene rings is 1. The molecule has 0 atom stereocenters. The van der Waals surface area contributed by atoms with Crippen molar-refractivity contribution in [3.8, 4) is 0 Å². The zero-order chi connectivity index (χ0) is 20.7. The molecule has 0 aromatic heterocycles. The van der Waals surface area contributed by atoms with E-state index >= 15 is 0 Å². The number of nitrogens with zero attached hydrogens (tertiary/aromatic N) is 4. The lowest BCUT2D eigenvalue weighted by Gasteiger charge is -2.20. The Morgan fingerprint density at radius 1 is 1.14 bits per heavy atom. The van der Waals surface area contributed by atoms with Crippen molar-refractivity contribution in [3.05, 3.63) is 29.8 Å². The van der Waals surface area contributed by atoms with Gasteiger partial charge in [-0.1, -0.05) is 37.2 Å². The molecule has 1 aliphatic carbocycles. The summed E-state index contributed by atoms with van der Waals surface area (Å²) in [6.45, 7) is 5.93. The van der Waals surface area contributed by atoms with E-state index in [1.165, 1.54) is 21.3 Å². The first kappa shape index (κ1) is 21.6. The van der Waals surface area contributed by atoms with Gasteiger partial charge in [0.05, 0.1) is 31.3 Å². The molecule has 0 aliphatic heterocycles. The number of hydrogen-bond donors (Lipinski definition) is 0. The van der Waals surface area contributed by atoms with Crippen molar-refractivity contribution >= 4 is 28.9 Å². The lowest BCUT2D eigenvalue weighted by molar-refractivity contribution is 0.115. The van der Waals surface area contributed by atoms with Gasteiger partial charge in [-0.2, -0.15) is 15.3 Å². The van der Waals surface area contributed by atoms with Gasteiger partial charge in [0.2, 0.25) is 0 Å². The van der Waals surface area contributed by atoms with Crippen LogP contribution in [0.3, 0.4) is 0 Å². The third kappa shape index (κ3) is 5.16. The number of amides is 1. The average molecular weight is 388 g/mol. The van der Waals surface area contributed by atoms with Crippen LogP contribution in [0.1, 0.15) is 39.2 Å². The van der Waals surface area contributed by atoms with Gasteiger partial charge in [-0.15, -0.1) is 0 Å². The van der Waals surface area contributed by atoms with Crippen molar-refractivity contribution < 1.29 is 19.2 Å². The van der Waals surface area contributed by atoms with E-state index in [1.54, 1.807) is 6.07 Å². The molecule has 28 heavy (non-hydrogen) atoms. The maximum Gasteiger partial charge on any atom is 0.438 e. The molecule has 1 saturated carbocycles. The number of hydrogen-bond acceptors (Lipinski definition) is 7. The van der Waals surface area contributed by atoms with Gasteiger partial charge in [-0.05, 0) is 25.8 Å². The van der Waals surface area contributed by atoms with Gasteiger partial charge in [-0.3, -0.25) is 4.84 Å². The third-order valence-corrected chi connectivity index (χ3v) is 4.31. The Morgan fingerprint density at radius 3 is 2.36 bits per heavy atom. The first-order chi connectivity index (χ1) is 13.4. The van der Waals surface area contributed by atoms with Crippen LogP contribution < -0.4 is 5.06 Å². The third-order valence-electron chi connectivity index (χ3n) is 4.31. The Balaban J connectivity index is 2.43. The van der Waals surface area contributed by atoms with Crippen molar-refractivity contribution in [2.45, 2.75) is 33.6 Å². The minimum Gasteiger partial charge on any atom is -0.451 e. The summed E-state index contributed by atoms with van der Waals surface area (Å²) in [5, 5.41) is 14.2. The van der Waals surface area contributed by atoms with Crippen molar-refractivity contribution in [2.75, 3.05) is 26.4 Å². The highest BCUT2D eigenvalue weighted by Gasteiger charge is 2.32. The Morgan fingerprint density at radius 2 is 1.82 bits per heavy atom. The molecule has 8 nitrogen and oxygen atoms in total. The molecule has 0 bridgehead atoms. The van der Waals surface area contributed by atoms with Crippen LogP contribution in [0, 0.1) is 11.8 Å². The van der Waals surface area contributed by atoms with E-state index < -0.39 is 6.09 Å². The lowest BCUT2D eigenvalue weighted by atomic mass is 10.0. The van der Waals surface area contributed by atoms with Crippen molar-refractivity contribution in [1.29, 1.82) is 0 Å². The molecule has 0 saturated heterocycles. The van der Waals surface area contributed by atoms with Crippen LogP contribution in [0.5, 0.6) is 0 Å². The number of hydroxylamine groups is 1. The smallest absolute Gasteiger partial charge is 0.438 e. The SMILES string of the molecule is CO/N=C(/C(=N/N=C(\C)c1ccccc1N(OC)C(=O)OC)C1CC1)C(C)C. The molecule has 152 valence electrons. The number of oxime groups is 1. The van der Waals surface area contributed by atoms with Crippen LogP contribution in [0.25, 0.3) is 0 Å². The van der Waals surface area contributed by atoms with Crippen LogP contribution in [-0.4, -0.2) is 44.6 Å². The normalized spacial score (nSPS) is 15.6. The van der Waals surface area contributed by atoms with Gasteiger partial charge in [0.1, 0.15) is 12.8 Å². The predicted octanol–water partition coefficient (Wildman–Crippen LogP) is 4.05. The second kappa shape index (κ2) is 9.98. The summed E-state index contributed by atoms with van der Waals surface area (Å²) < 4.78 is 4.78. The van der Waals surface area contributed by atoms with Crippen molar-refractivity contribution in [2.24, 2.45) is 27.2 Å². The number of methoxy groups -OCH3 is 1.